The smallest absolute Gasteiger partial charge is 0.332 e. The van der Waals surface area contributed by atoms with Gasteiger partial charge in [-0.25, -0.2) is 19.6 Å². The monoisotopic (exact) mass is 580 g/mol. The third-order valence-corrected chi connectivity index (χ3v) is 5.61. The van der Waals surface area contributed by atoms with Crippen molar-refractivity contribution in [1.29, 1.82) is 0 Å². The Labute approximate surface area is 258 Å². The van der Waals surface area contributed by atoms with Crippen LogP contribution in [-0.4, -0.2) is 59.8 Å². The van der Waals surface area contributed by atoms with Gasteiger partial charge in [-0.1, -0.05) is 0 Å². The van der Waals surface area contributed by atoms with Gasteiger partial charge >= 0.3 is 11.4 Å². The van der Waals surface area contributed by atoms with E-state index in [1.54, 1.807) is 0 Å². The second-order valence-corrected chi connectivity index (χ2v) is 8.29. The summed E-state index contributed by atoms with van der Waals surface area (Å²) in [6.45, 7) is -16.0. The Bertz CT molecular complexity index is 2440. The second-order valence-electron chi connectivity index (χ2n) is 8.29. The maximum atomic E-state index is 12.9. The minimum atomic E-state index is -3.49. The first kappa shape index (κ1) is 13.3. The fourth-order valence-electron chi connectivity index (χ4n) is 3.71. The number of aliphatic hydroxyl groups is 2. The van der Waals surface area contributed by atoms with E-state index in [4.69, 9.17) is 27.4 Å². The molecule has 0 saturated heterocycles. The predicted octanol–water partition coefficient (Wildman–Crippen LogP) is -0.0304. The van der Waals surface area contributed by atoms with Crippen molar-refractivity contribution in [3.63, 3.8) is 0 Å². The summed E-state index contributed by atoms with van der Waals surface area (Å²) in [4.78, 5) is 58.1. The first-order chi connectivity index (χ1) is 26.7. The highest BCUT2D eigenvalue weighted by Gasteiger charge is 2.15. The summed E-state index contributed by atoms with van der Waals surface area (Å²) in [6.07, 6.45) is -11.4. The van der Waals surface area contributed by atoms with E-state index in [-0.39, 0.29) is 28.7 Å². The third-order valence-electron chi connectivity index (χ3n) is 5.61. The molecule has 14 nitrogen and oxygen atoms in total. The minimum absolute atomic E-state index is 0.101. The van der Waals surface area contributed by atoms with Crippen LogP contribution in [0.5, 0.6) is 0 Å². The lowest BCUT2D eigenvalue weighted by Crippen LogP contribution is -2.39. The molecule has 14 heteroatoms. The number of hydrogen-bond acceptors (Lipinski definition) is 8. The Morgan fingerprint density at radius 1 is 0.800 bits per heavy atom. The van der Waals surface area contributed by atoms with Gasteiger partial charge in [0.1, 0.15) is 0 Å². The topological polar surface area (TPSA) is 164 Å². The summed E-state index contributed by atoms with van der Waals surface area (Å²) in [5.74, 6) is 0. The molecule has 0 aliphatic heterocycles. The number of rotatable bonds is 10. The number of nitrogens with zero attached hydrogens (tertiary/aromatic N) is 8. The Balaban J connectivity index is 0.000000323. The van der Waals surface area contributed by atoms with Gasteiger partial charge in [0.2, 0.25) is 0 Å². The molecular weight excluding hydrogens is 520 g/mol. The minimum Gasteiger partial charge on any atom is -0.393 e. The molecule has 0 fully saturated rings. The summed E-state index contributed by atoms with van der Waals surface area (Å²) in [7, 11) is 1.31. The maximum absolute atomic E-state index is 12.9. The summed E-state index contributed by atoms with van der Waals surface area (Å²) in [6, 6.07) is 0. The average molecular weight is 581 g/mol. The Hall–Kier alpha value is -3.78. The van der Waals surface area contributed by atoms with Crippen molar-refractivity contribution in [3.8, 4) is 0 Å². The highest BCUT2D eigenvalue weighted by atomic mass is 16.3. The second kappa shape index (κ2) is 13.0. The molecule has 40 heavy (non-hydrogen) atoms. The van der Waals surface area contributed by atoms with E-state index in [1.165, 1.54) is 7.05 Å². The van der Waals surface area contributed by atoms with Crippen LogP contribution in [0, 0.1) is 0 Å². The molecule has 4 aromatic heterocycles. The molecule has 2 N–H and O–H groups in total. The lowest BCUT2D eigenvalue weighted by atomic mass is 10.2. The highest BCUT2D eigenvalue weighted by Crippen LogP contribution is 2.06. The van der Waals surface area contributed by atoms with Crippen LogP contribution in [0.25, 0.3) is 22.3 Å². The summed E-state index contributed by atoms with van der Waals surface area (Å²) < 4.78 is 152. The molecule has 0 aromatic carbocycles. The normalized spacial score (nSPS) is 23.5. The van der Waals surface area contributed by atoms with Crippen LogP contribution in [0.2, 0.25) is 0 Å². The van der Waals surface area contributed by atoms with E-state index < -0.39 is 119 Å². The number of aryl methyl sites for hydroxylation is 4. The van der Waals surface area contributed by atoms with Gasteiger partial charge in [0.15, 0.2) is 22.3 Å². The Morgan fingerprint density at radius 3 is 1.82 bits per heavy atom. The number of imidazole rings is 2. The molecular formula is C26H40N8O6. The maximum Gasteiger partial charge on any atom is 0.332 e. The van der Waals surface area contributed by atoms with Crippen molar-refractivity contribution in [2.75, 3.05) is 0 Å². The third kappa shape index (κ3) is 6.50. The molecule has 0 aliphatic carbocycles. The van der Waals surface area contributed by atoms with Crippen molar-refractivity contribution < 1.29 is 37.6 Å². The molecule has 4 heterocycles. The zero-order valence-electron chi connectivity index (χ0n) is 41.1. The van der Waals surface area contributed by atoms with Crippen LogP contribution in [0.15, 0.2) is 31.8 Å². The molecule has 220 valence electrons. The zero-order valence-corrected chi connectivity index (χ0v) is 21.1. The summed E-state index contributed by atoms with van der Waals surface area (Å²) in [5.41, 5.74) is -6.00. The van der Waals surface area contributed by atoms with E-state index in [0.29, 0.717) is 20.0 Å². The number of aliphatic hydroxyl groups excluding tert-OH is 1. The van der Waals surface area contributed by atoms with Crippen molar-refractivity contribution >= 4 is 22.3 Å². The molecule has 0 spiro atoms. The molecule has 2 atom stereocenters. The van der Waals surface area contributed by atoms with Gasteiger partial charge in [0.05, 0.1) is 26.2 Å². The number of aromatic nitrogens is 8. The quantitative estimate of drug-likeness (QED) is 0.264. The van der Waals surface area contributed by atoms with E-state index >= 15 is 0 Å². The van der Waals surface area contributed by atoms with Crippen LogP contribution in [-0.2, 0) is 41.1 Å². The Morgan fingerprint density at radius 2 is 1.32 bits per heavy atom. The number of fused-ring (bicyclic) bond motifs is 2. The van der Waals surface area contributed by atoms with E-state index in [9.17, 15) is 29.4 Å². The van der Waals surface area contributed by atoms with E-state index in [0.717, 1.165) is 15.5 Å². The van der Waals surface area contributed by atoms with Crippen molar-refractivity contribution in [3.05, 3.63) is 54.3 Å². The molecule has 0 saturated carbocycles. The van der Waals surface area contributed by atoms with Crippen LogP contribution < -0.4 is 22.5 Å². The van der Waals surface area contributed by atoms with E-state index in [2.05, 4.69) is 9.97 Å². The fraction of sp³-hybridized carbons (Fsp3) is 0.615. The highest BCUT2D eigenvalue weighted by molar-refractivity contribution is 5.70. The molecule has 4 rings (SSSR count). The fourth-order valence-corrected chi connectivity index (χ4v) is 3.71. The Kier molecular flexibility index (Phi) is 4.32. The first-order valence-electron chi connectivity index (χ1n) is 21.5. The number of hydrogen-bond donors (Lipinski definition) is 2. The molecule has 0 unspecified atom stereocenters. The predicted molar refractivity (Wildman–Crippen MR) is 151 cm³/mol. The van der Waals surface area contributed by atoms with Crippen LogP contribution in [0.4, 0.5) is 0 Å². The molecule has 0 amide bonds. The van der Waals surface area contributed by atoms with Crippen molar-refractivity contribution in [2.24, 2.45) is 28.0 Å². The van der Waals surface area contributed by atoms with E-state index in [1.807, 2.05) is 0 Å². The van der Waals surface area contributed by atoms with Gasteiger partial charge in [-0.15, -0.1) is 0 Å². The van der Waals surface area contributed by atoms with Gasteiger partial charge < -0.3 is 19.3 Å². The molecule has 0 bridgehead atoms. The lowest BCUT2D eigenvalue weighted by molar-refractivity contribution is 0.179. The van der Waals surface area contributed by atoms with Gasteiger partial charge in [-0.2, -0.15) is 0 Å². The zero-order chi connectivity index (χ0) is 46.7. The standard InChI is InChI=1S/2C13H20N4O3/c2*1-9(18)6-4-5-7-17-12(19)10-11(14-8-15(10)2)16(3)13(17)20/h2*8-9,18H,4-7H2,1-3H3/t2*9-/m00/s1/i1D3,2D3,3D3,6D2,9D;1D3,2D3,6D2. The molecule has 0 aliphatic rings. The molecule has 4 aromatic rings. The van der Waals surface area contributed by atoms with Gasteiger partial charge in [-0.3, -0.25) is 27.9 Å². The van der Waals surface area contributed by atoms with Crippen molar-refractivity contribution in [2.45, 2.75) is 77.4 Å². The van der Waals surface area contributed by atoms with Gasteiger partial charge in [0.25, 0.3) is 11.1 Å². The molecule has 0 radical (unpaired) electrons. The lowest BCUT2D eigenvalue weighted by Gasteiger charge is -2.09. The van der Waals surface area contributed by atoms with Crippen LogP contribution in [0.3, 0.4) is 0 Å². The van der Waals surface area contributed by atoms with Crippen LogP contribution >= 0.6 is 0 Å². The van der Waals surface area contributed by atoms with Gasteiger partial charge in [-0.05, 0) is 52.1 Å². The van der Waals surface area contributed by atoms with Crippen molar-refractivity contribution in [1.82, 2.24) is 37.4 Å². The first-order valence-corrected chi connectivity index (χ1v) is 11.5. The summed E-state index contributed by atoms with van der Waals surface area (Å²) in [5, 5.41) is 19.5. The van der Waals surface area contributed by atoms with Gasteiger partial charge in [0, 0.05) is 67.1 Å². The summed E-state index contributed by atoms with van der Waals surface area (Å²) >= 11 is 0. The van der Waals surface area contributed by atoms with Crippen LogP contribution in [0.1, 0.15) is 79.5 Å². The largest absolute Gasteiger partial charge is 0.393 e. The SMILES string of the molecule is [2H]C([2H])([2H])[C@H](O)C([2H])([2H])CCCn1c(=O)c2c(ncn2C([2H])([2H])[2H])n(C)c1=O.[2H]C([2H])([2H])n1cnc2c1c(=O)n(CCCC([2H])([2H])[C@@]([2H])(O)C([2H])([2H])[2H])c(=O)n2C([2H])([2H])[2H]. The average Bonchev–Trinajstić information content (AvgIpc) is 3.71.